The molecule has 0 atom stereocenters. The second-order valence-corrected chi connectivity index (χ2v) is 4.25. The molecule has 0 aliphatic carbocycles. The van der Waals surface area contributed by atoms with Gasteiger partial charge in [-0.2, -0.15) is 13.2 Å². The van der Waals surface area contributed by atoms with Crippen molar-refractivity contribution in [2.45, 2.75) is 19.0 Å². The molecular formula is C12H9F3N2O5. The van der Waals surface area contributed by atoms with E-state index >= 15 is 0 Å². The number of halogens is 3. The zero-order valence-corrected chi connectivity index (χ0v) is 10.9. The number of alkyl halides is 3. The van der Waals surface area contributed by atoms with Crippen LogP contribution in [0.4, 0.5) is 13.2 Å². The van der Waals surface area contributed by atoms with E-state index in [2.05, 4.69) is 14.6 Å². The van der Waals surface area contributed by atoms with Gasteiger partial charge in [-0.25, -0.2) is 9.78 Å². The van der Waals surface area contributed by atoms with E-state index in [0.717, 1.165) is 18.3 Å². The molecule has 2 heterocycles. The zero-order chi connectivity index (χ0) is 16.3. The lowest BCUT2D eigenvalue weighted by molar-refractivity contribution is -0.172. The van der Waals surface area contributed by atoms with Gasteiger partial charge >= 0.3 is 12.1 Å². The van der Waals surface area contributed by atoms with Gasteiger partial charge in [0.25, 0.3) is 11.8 Å². The largest absolute Gasteiger partial charge is 0.468 e. The number of carbonyl (C=O) groups is 3. The summed E-state index contributed by atoms with van der Waals surface area (Å²) in [6.45, 7) is -1.51. The number of amides is 2. The maximum atomic E-state index is 12.0. The Morgan fingerprint density at radius 2 is 1.86 bits per heavy atom. The highest BCUT2D eigenvalue weighted by molar-refractivity contribution is 6.02. The van der Waals surface area contributed by atoms with Gasteiger partial charge in [0, 0.05) is 25.1 Å². The molecule has 1 fully saturated rings. The molecule has 1 aliphatic rings. The molecule has 0 N–H and O–H groups in total. The molecule has 10 heteroatoms. The number of hydrogen-bond acceptors (Lipinski definition) is 6. The fourth-order valence-electron chi connectivity index (χ4n) is 1.54. The quantitative estimate of drug-likeness (QED) is 0.777. The maximum Gasteiger partial charge on any atom is 0.422 e. The van der Waals surface area contributed by atoms with Crippen LogP contribution in [0, 0.1) is 0 Å². The van der Waals surface area contributed by atoms with Crippen LogP contribution in [0.3, 0.4) is 0 Å². The lowest BCUT2D eigenvalue weighted by Crippen LogP contribution is -2.32. The number of pyridine rings is 1. The van der Waals surface area contributed by atoms with Crippen molar-refractivity contribution in [3.8, 4) is 5.88 Å². The molecule has 1 aromatic rings. The van der Waals surface area contributed by atoms with Gasteiger partial charge < -0.3 is 9.57 Å². The van der Waals surface area contributed by atoms with E-state index < -0.39 is 30.6 Å². The number of imide groups is 1. The van der Waals surface area contributed by atoms with Crippen LogP contribution in [0.25, 0.3) is 0 Å². The van der Waals surface area contributed by atoms with Crippen molar-refractivity contribution in [3.63, 3.8) is 0 Å². The van der Waals surface area contributed by atoms with Gasteiger partial charge in [0.15, 0.2) is 6.61 Å². The van der Waals surface area contributed by atoms with Crippen LogP contribution in [0.5, 0.6) is 5.88 Å². The third kappa shape index (κ3) is 3.93. The van der Waals surface area contributed by atoms with E-state index in [4.69, 9.17) is 0 Å². The highest BCUT2D eigenvalue weighted by atomic mass is 19.4. The Morgan fingerprint density at radius 1 is 1.23 bits per heavy atom. The van der Waals surface area contributed by atoms with Gasteiger partial charge in [-0.1, -0.05) is 0 Å². The molecule has 0 bridgehead atoms. The van der Waals surface area contributed by atoms with Gasteiger partial charge in [0.05, 0.1) is 5.56 Å². The maximum absolute atomic E-state index is 12.0. The Labute approximate surface area is 121 Å². The van der Waals surface area contributed by atoms with Crippen LogP contribution in [0.2, 0.25) is 0 Å². The summed E-state index contributed by atoms with van der Waals surface area (Å²) in [6, 6.07) is 2.14. The smallest absolute Gasteiger partial charge is 0.422 e. The van der Waals surface area contributed by atoms with E-state index in [1.165, 1.54) is 0 Å². The van der Waals surface area contributed by atoms with E-state index in [1.54, 1.807) is 0 Å². The molecule has 0 radical (unpaired) electrons. The molecule has 118 valence electrons. The molecule has 0 unspecified atom stereocenters. The first kappa shape index (κ1) is 15.7. The van der Waals surface area contributed by atoms with Crippen LogP contribution in [-0.2, 0) is 14.4 Å². The standard InChI is InChI=1S/C12H9F3N2O5/c13-12(14,15)6-21-8-2-1-7(5-16-8)11(20)22-17-9(18)3-4-10(17)19/h1-2,5H,3-4,6H2. The first-order valence-electron chi connectivity index (χ1n) is 6.00. The first-order valence-corrected chi connectivity index (χ1v) is 6.00. The van der Waals surface area contributed by atoms with Crippen molar-refractivity contribution in [1.29, 1.82) is 0 Å². The minimum Gasteiger partial charge on any atom is -0.468 e. The summed E-state index contributed by atoms with van der Waals surface area (Å²) < 4.78 is 40.2. The second-order valence-electron chi connectivity index (χ2n) is 4.25. The predicted octanol–water partition coefficient (Wildman–Crippen LogP) is 1.24. The predicted molar refractivity (Wildman–Crippen MR) is 62.3 cm³/mol. The normalized spacial score (nSPS) is 15.1. The van der Waals surface area contributed by atoms with Gasteiger partial charge in [-0.15, -0.1) is 5.06 Å². The van der Waals surface area contributed by atoms with E-state index in [0.29, 0.717) is 5.06 Å². The summed E-state index contributed by atoms with van der Waals surface area (Å²) in [5.41, 5.74) is -0.146. The average Bonchev–Trinajstić information content (AvgIpc) is 2.77. The lowest BCUT2D eigenvalue weighted by atomic mass is 10.3. The van der Waals surface area contributed by atoms with Crippen molar-refractivity contribution < 1.29 is 37.1 Å². The molecule has 0 aromatic carbocycles. The van der Waals surface area contributed by atoms with Gasteiger partial charge in [0.2, 0.25) is 5.88 Å². The van der Waals surface area contributed by atoms with E-state index in [1.807, 2.05) is 0 Å². The third-order valence-corrected chi connectivity index (χ3v) is 2.54. The Balaban J connectivity index is 1.96. The summed E-state index contributed by atoms with van der Waals surface area (Å²) >= 11 is 0. The van der Waals surface area contributed by atoms with E-state index in [-0.39, 0.29) is 24.3 Å². The molecule has 2 rings (SSSR count). The summed E-state index contributed by atoms with van der Waals surface area (Å²) in [5.74, 6) is -2.64. The molecule has 2 amide bonds. The highest BCUT2D eigenvalue weighted by Gasteiger charge is 2.33. The molecule has 1 aromatic heterocycles. The van der Waals surface area contributed by atoms with Crippen LogP contribution in [0.15, 0.2) is 18.3 Å². The molecule has 7 nitrogen and oxygen atoms in total. The molecule has 0 saturated carbocycles. The minimum absolute atomic E-state index is 0.0470. The summed E-state index contributed by atoms with van der Waals surface area (Å²) in [4.78, 5) is 42.3. The van der Waals surface area contributed by atoms with Crippen molar-refractivity contribution >= 4 is 17.8 Å². The number of ether oxygens (including phenoxy) is 1. The number of hydrogen-bond donors (Lipinski definition) is 0. The zero-order valence-electron chi connectivity index (χ0n) is 10.9. The monoisotopic (exact) mass is 318 g/mol. The molecular weight excluding hydrogens is 309 g/mol. The van der Waals surface area contributed by atoms with Gasteiger partial charge in [0.1, 0.15) is 0 Å². The Hall–Kier alpha value is -2.65. The van der Waals surface area contributed by atoms with Crippen LogP contribution in [0.1, 0.15) is 23.2 Å². The van der Waals surface area contributed by atoms with Crippen molar-refractivity contribution in [3.05, 3.63) is 23.9 Å². The summed E-state index contributed by atoms with van der Waals surface area (Å²) in [7, 11) is 0. The average molecular weight is 318 g/mol. The summed E-state index contributed by atoms with van der Waals surface area (Å²) in [5, 5.41) is 0.358. The fourth-order valence-corrected chi connectivity index (χ4v) is 1.54. The van der Waals surface area contributed by atoms with Crippen molar-refractivity contribution in [1.82, 2.24) is 10.0 Å². The molecule has 1 aliphatic heterocycles. The number of hydroxylamine groups is 2. The SMILES string of the molecule is O=C(ON1C(=O)CCC1=O)c1ccc(OCC(F)(F)F)nc1. The Kier molecular flexibility index (Phi) is 4.29. The Bertz CT molecular complexity index is 584. The topological polar surface area (TPSA) is 85.8 Å². The molecule has 0 spiro atoms. The van der Waals surface area contributed by atoms with Gasteiger partial charge in [-0.3, -0.25) is 9.59 Å². The van der Waals surface area contributed by atoms with Gasteiger partial charge in [-0.05, 0) is 6.07 Å². The number of aromatic nitrogens is 1. The molecule has 1 saturated heterocycles. The second kappa shape index (κ2) is 6.00. The summed E-state index contributed by atoms with van der Waals surface area (Å²) in [6.07, 6.45) is -3.68. The minimum atomic E-state index is -4.50. The highest BCUT2D eigenvalue weighted by Crippen LogP contribution is 2.18. The third-order valence-electron chi connectivity index (χ3n) is 2.54. The fraction of sp³-hybridized carbons (Fsp3) is 0.333. The lowest BCUT2D eigenvalue weighted by Gasteiger charge is -2.12. The van der Waals surface area contributed by atoms with E-state index in [9.17, 15) is 27.6 Å². The number of nitrogens with zero attached hydrogens (tertiary/aromatic N) is 2. The number of rotatable bonds is 4. The number of carbonyl (C=O) groups excluding carboxylic acids is 3. The van der Waals surface area contributed by atoms with Crippen LogP contribution in [-0.4, -0.2) is 40.6 Å². The Morgan fingerprint density at radius 3 is 2.36 bits per heavy atom. The van der Waals surface area contributed by atoms with Crippen LogP contribution >= 0.6 is 0 Å². The first-order chi connectivity index (χ1) is 10.3. The van der Waals surface area contributed by atoms with Crippen molar-refractivity contribution in [2.24, 2.45) is 0 Å². The molecule has 22 heavy (non-hydrogen) atoms. The van der Waals surface area contributed by atoms with Crippen molar-refractivity contribution in [2.75, 3.05) is 6.61 Å². The van der Waals surface area contributed by atoms with Crippen LogP contribution < -0.4 is 4.74 Å².